The van der Waals surface area contributed by atoms with Crippen LogP contribution in [0.2, 0.25) is 0 Å². The van der Waals surface area contributed by atoms with E-state index in [1.54, 1.807) is 6.20 Å². The molecule has 2 rings (SSSR count). The number of nitrogens with two attached hydrogens (primary N) is 2. The highest BCUT2D eigenvalue weighted by molar-refractivity contribution is 5.69. The second-order valence-corrected chi connectivity index (χ2v) is 6.23. The number of aromatic amines is 1. The minimum Gasteiger partial charge on any atom is -0.369 e. The predicted molar refractivity (Wildman–Crippen MR) is 82.9 cm³/mol. The van der Waals surface area contributed by atoms with E-state index in [0.717, 1.165) is 18.5 Å². The van der Waals surface area contributed by atoms with Crippen LogP contribution in [0.3, 0.4) is 0 Å². The van der Waals surface area contributed by atoms with Gasteiger partial charge < -0.3 is 11.5 Å². The number of fused-ring (bicyclic) bond motifs is 1. The normalized spacial score (nSPS) is 13.5. The van der Waals surface area contributed by atoms with Crippen LogP contribution in [0, 0.1) is 5.41 Å². The molecule has 2 heterocycles. The fourth-order valence-electron chi connectivity index (χ4n) is 2.61. The summed E-state index contributed by atoms with van der Waals surface area (Å²) in [5.41, 5.74) is 12.2. The molecule has 2 aromatic rings. The molecule has 1 atom stereocenters. The molecule has 0 radical (unpaired) electrons. The molecule has 0 amide bonds. The van der Waals surface area contributed by atoms with Crippen molar-refractivity contribution in [1.82, 2.24) is 19.9 Å². The number of hydrogen-bond acceptors (Lipinski definition) is 6. The molecular weight excluding hydrogens is 268 g/mol. The van der Waals surface area contributed by atoms with Crippen LogP contribution >= 0.6 is 0 Å². The zero-order chi connectivity index (χ0) is 15.6. The average Bonchev–Trinajstić information content (AvgIpc) is 2.37. The largest absolute Gasteiger partial charge is 0.369 e. The Balaban J connectivity index is 2.32. The summed E-state index contributed by atoms with van der Waals surface area (Å²) in [6.45, 7) is 7.10. The first kappa shape index (κ1) is 15.4. The van der Waals surface area contributed by atoms with E-state index in [1.165, 1.54) is 0 Å². The Morgan fingerprint density at radius 2 is 2.10 bits per heavy atom. The zero-order valence-corrected chi connectivity index (χ0v) is 12.7. The van der Waals surface area contributed by atoms with E-state index in [0.29, 0.717) is 6.54 Å². The second kappa shape index (κ2) is 5.77. The molecule has 7 heteroatoms. The summed E-state index contributed by atoms with van der Waals surface area (Å²) >= 11 is 0. The lowest BCUT2D eigenvalue weighted by atomic mass is 9.80. The maximum Gasteiger partial charge on any atom is 0.280 e. The van der Waals surface area contributed by atoms with Gasteiger partial charge >= 0.3 is 0 Å². The van der Waals surface area contributed by atoms with Crippen molar-refractivity contribution in [2.24, 2.45) is 11.1 Å². The highest BCUT2D eigenvalue weighted by Gasteiger charge is 2.22. The van der Waals surface area contributed by atoms with Crippen molar-refractivity contribution in [2.45, 2.75) is 39.5 Å². The first-order valence-corrected chi connectivity index (χ1v) is 7.05. The molecule has 0 aliphatic heterocycles. The van der Waals surface area contributed by atoms with E-state index >= 15 is 0 Å². The first-order chi connectivity index (χ1) is 9.82. The molecule has 1 unspecified atom stereocenters. The lowest BCUT2D eigenvalue weighted by Crippen LogP contribution is -2.20. The van der Waals surface area contributed by atoms with Gasteiger partial charge in [-0.3, -0.25) is 9.78 Å². The third kappa shape index (κ3) is 3.55. The lowest BCUT2D eigenvalue weighted by molar-refractivity contribution is 0.290. The molecule has 0 saturated carbocycles. The van der Waals surface area contributed by atoms with Crippen LogP contribution in [0.25, 0.3) is 11.2 Å². The van der Waals surface area contributed by atoms with Gasteiger partial charge in [0, 0.05) is 5.92 Å². The molecule has 2 aromatic heterocycles. The summed E-state index contributed by atoms with van der Waals surface area (Å²) in [5.74, 6) is 0.229. The average molecular weight is 290 g/mol. The number of nitrogens with zero attached hydrogens (tertiary/aromatic N) is 3. The SMILES string of the molecule is CC(CC(C)(C)CCN)c1cnc2nc(N)[nH]c(=O)c2n1. The van der Waals surface area contributed by atoms with E-state index in [9.17, 15) is 4.79 Å². The smallest absolute Gasteiger partial charge is 0.280 e. The van der Waals surface area contributed by atoms with Crippen molar-refractivity contribution in [3.05, 3.63) is 22.2 Å². The van der Waals surface area contributed by atoms with Crippen molar-refractivity contribution in [3.8, 4) is 0 Å². The Morgan fingerprint density at radius 1 is 1.38 bits per heavy atom. The maximum absolute atomic E-state index is 11.9. The summed E-state index contributed by atoms with van der Waals surface area (Å²) in [4.78, 5) is 26.9. The topological polar surface area (TPSA) is 124 Å². The van der Waals surface area contributed by atoms with E-state index < -0.39 is 0 Å². The Morgan fingerprint density at radius 3 is 2.76 bits per heavy atom. The molecule has 0 fully saturated rings. The second-order valence-electron chi connectivity index (χ2n) is 6.23. The van der Waals surface area contributed by atoms with Gasteiger partial charge in [-0.05, 0) is 24.8 Å². The van der Waals surface area contributed by atoms with Gasteiger partial charge in [0.1, 0.15) is 0 Å². The van der Waals surface area contributed by atoms with E-state index in [2.05, 4.69) is 40.7 Å². The minimum atomic E-state index is -0.361. The maximum atomic E-state index is 11.9. The van der Waals surface area contributed by atoms with Crippen molar-refractivity contribution in [3.63, 3.8) is 0 Å². The third-order valence-electron chi connectivity index (χ3n) is 3.64. The van der Waals surface area contributed by atoms with Gasteiger partial charge in [-0.25, -0.2) is 9.97 Å². The molecule has 21 heavy (non-hydrogen) atoms. The van der Waals surface area contributed by atoms with Gasteiger partial charge in [0.15, 0.2) is 11.2 Å². The number of H-pyrrole nitrogens is 1. The number of aromatic nitrogens is 4. The number of nitrogens with one attached hydrogen (secondary N) is 1. The summed E-state index contributed by atoms with van der Waals surface area (Å²) in [6.07, 6.45) is 3.53. The molecule has 0 aliphatic rings. The fraction of sp³-hybridized carbons (Fsp3) is 0.571. The molecule has 0 aromatic carbocycles. The van der Waals surface area contributed by atoms with Gasteiger partial charge in [-0.1, -0.05) is 20.8 Å². The Kier molecular flexibility index (Phi) is 4.22. The Bertz CT molecular complexity index is 693. The van der Waals surface area contributed by atoms with Gasteiger partial charge in [-0.15, -0.1) is 0 Å². The van der Waals surface area contributed by atoms with E-state index in [1.807, 2.05) is 0 Å². The first-order valence-electron chi connectivity index (χ1n) is 7.05. The highest BCUT2D eigenvalue weighted by Crippen LogP contribution is 2.32. The van der Waals surface area contributed by atoms with Crippen LogP contribution in [0.1, 0.15) is 45.2 Å². The van der Waals surface area contributed by atoms with Crippen LogP contribution in [0.15, 0.2) is 11.0 Å². The molecule has 0 aliphatic carbocycles. The summed E-state index contributed by atoms with van der Waals surface area (Å²) in [5, 5.41) is 0. The number of anilines is 1. The third-order valence-corrected chi connectivity index (χ3v) is 3.64. The van der Waals surface area contributed by atoms with Gasteiger partial charge in [-0.2, -0.15) is 4.98 Å². The van der Waals surface area contributed by atoms with Crippen LogP contribution in [0.5, 0.6) is 0 Å². The monoisotopic (exact) mass is 290 g/mol. The predicted octanol–water partition coefficient (Wildman–Crippen LogP) is 1.16. The molecule has 0 spiro atoms. The Labute approximate surface area is 123 Å². The van der Waals surface area contributed by atoms with Gasteiger partial charge in [0.25, 0.3) is 5.56 Å². The zero-order valence-electron chi connectivity index (χ0n) is 12.7. The summed E-state index contributed by atoms with van der Waals surface area (Å²) in [7, 11) is 0. The molecular formula is C14H22N6O. The van der Waals surface area contributed by atoms with Gasteiger partial charge in [0.2, 0.25) is 5.95 Å². The fourth-order valence-corrected chi connectivity index (χ4v) is 2.61. The van der Waals surface area contributed by atoms with Crippen molar-refractivity contribution < 1.29 is 0 Å². The van der Waals surface area contributed by atoms with Crippen LogP contribution in [0.4, 0.5) is 5.95 Å². The Hall–Kier alpha value is -2.02. The molecule has 114 valence electrons. The van der Waals surface area contributed by atoms with Crippen molar-refractivity contribution >= 4 is 17.1 Å². The van der Waals surface area contributed by atoms with Crippen molar-refractivity contribution in [1.29, 1.82) is 0 Å². The lowest BCUT2D eigenvalue weighted by Gasteiger charge is -2.27. The van der Waals surface area contributed by atoms with Gasteiger partial charge in [0.05, 0.1) is 11.9 Å². The molecule has 0 saturated heterocycles. The highest BCUT2D eigenvalue weighted by atomic mass is 16.1. The van der Waals surface area contributed by atoms with Crippen molar-refractivity contribution in [2.75, 3.05) is 12.3 Å². The van der Waals surface area contributed by atoms with Crippen LogP contribution in [-0.2, 0) is 0 Å². The van der Waals surface area contributed by atoms with Crippen LogP contribution in [-0.4, -0.2) is 26.5 Å². The van der Waals surface area contributed by atoms with E-state index in [4.69, 9.17) is 11.5 Å². The van der Waals surface area contributed by atoms with E-state index in [-0.39, 0.29) is 34.0 Å². The quantitative estimate of drug-likeness (QED) is 0.759. The minimum absolute atomic E-state index is 0.0478. The number of nitrogen functional groups attached to an aromatic ring is 1. The summed E-state index contributed by atoms with van der Waals surface area (Å²) in [6, 6.07) is 0. The number of rotatable bonds is 5. The molecule has 0 bridgehead atoms. The molecule has 7 nitrogen and oxygen atoms in total. The molecule has 5 N–H and O–H groups in total. The van der Waals surface area contributed by atoms with Crippen LogP contribution < -0.4 is 17.0 Å². The standard InChI is InChI=1S/C14H22N6O/c1-8(6-14(2,3)4-5-15)9-7-17-11-10(18-9)12(21)20-13(16)19-11/h7-8H,4-6,15H2,1-3H3,(H3,16,17,19,20,21). The number of hydrogen-bond donors (Lipinski definition) is 3. The summed E-state index contributed by atoms with van der Waals surface area (Å²) < 4.78 is 0.